The Hall–Kier alpha value is -3.28. The Morgan fingerprint density at radius 1 is 1.04 bits per heavy atom. The fourth-order valence-electron chi connectivity index (χ4n) is 3.00. The lowest BCUT2D eigenvalue weighted by Gasteiger charge is -2.07. The van der Waals surface area contributed by atoms with Gasteiger partial charge in [-0.05, 0) is 12.5 Å². The minimum atomic E-state index is -0.0851. The molecule has 0 unspecified atom stereocenters. The molecule has 0 saturated heterocycles. The first-order valence-electron chi connectivity index (χ1n) is 8.74. The van der Waals surface area contributed by atoms with Crippen LogP contribution < -0.4 is 5.56 Å². The molecule has 0 fully saturated rings. The fraction of sp³-hybridized carbons (Fsp3) is 0.200. The molecule has 130 valence electrons. The normalized spacial score (nSPS) is 11.1. The molecule has 3 heterocycles. The molecule has 3 aromatic heterocycles. The zero-order valence-corrected chi connectivity index (χ0v) is 14.5. The van der Waals surface area contributed by atoms with Gasteiger partial charge in [0.25, 0.3) is 5.56 Å². The molecule has 0 atom stereocenters. The van der Waals surface area contributed by atoms with Gasteiger partial charge in [-0.2, -0.15) is 10.2 Å². The summed E-state index contributed by atoms with van der Waals surface area (Å²) in [6, 6.07) is 13.3. The van der Waals surface area contributed by atoms with E-state index in [2.05, 4.69) is 17.0 Å². The second kappa shape index (κ2) is 6.92. The van der Waals surface area contributed by atoms with Crippen molar-refractivity contribution in [2.24, 2.45) is 0 Å². The van der Waals surface area contributed by atoms with Crippen LogP contribution in [0.15, 0.2) is 65.8 Å². The third-order valence-corrected chi connectivity index (χ3v) is 4.33. The van der Waals surface area contributed by atoms with Gasteiger partial charge in [0.15, 0.2) is 0 Å². The average molecular weight is 345 g/mol. The molecule has 0 saturated carbocycles. The van der Waals surface area contributed by atoms with E-state index in [4.69, 9.17) is 5.10 Å². The van der Waals surface area contributed by atoms with Gasteiger partial charge in [0, 0.05) is 30.6 Å². The number of unbranched alkanes of at least 4 members (excludes halogenated alkanes) is 1. The number of rotatable bonds is 5. The van der Waals surface area contributed by atoms with Crippen molar-refractivity contribution in [1.82, 2.24) is 24.4 Å². The molecule has 4 aromatic rings. The SMILES string of the molecule is CCCCn1nc(-c2c(-c3ccccc3)nn3ccncc23)ccc1=O. The van der Waals surface area contributed by atoms with Crippen LogP contribution in [0.25, 0.3) is 28.0 Å². The number of fused-ring (bicyclic) bond motifs is 1. The van der Waals surface area contributed by atoms with Crippen molar-refractivity contribution < 1.29 is 0 Å². The maximum atomic E-state index is 12.1. The highest BCUT2D eigenvalue weighted by Crippen LogP contribution is 2.33. The second-order valence-corrected chi connectivity index (χ2v) is 6.13. The lowest BCUT2D eigenvalue weighted by atomic mass is 10.0. The highest BCUT2D eigenvalue weighted by Gasteiger charge is 2.18. The summed E-state index contributed by atoms with van der Waals surface area (Å²) in [4.78, 5) is 16.4. The zero-order chi connectivity index (χ0) is 17.9. The quantitative estimate of drug-likeness (QED) is 0.556. The van der Waals surface area contributed by atoms with Gasteiger partial charge in [-0.15, -0.1) is 0 Å². The van der Waals surface area contributed by atoms with Crippen molar-refractivity contribution in [2.75, 3.05) is 0 Å². The Balaban J connectivity index is 1.95. The van der Waals surface area contributed by atoms with Crippen LogP contribution in [0.5, 0.6) is 0 Å². The molecule has 0 radical (unpaired) electrons. The molecule has 6 heteroatoms. The molecule has 0 amide bonds. The summed E-state index contributed by atoms with van der Waals surface area (Å²) >= 11 is 0. The Kier molecular flexibility index (Phi) is 4.31. The lowest BCUT2D eigenvalue weighted by Crippen LogP contribution is -2.22. The van der Waals surface area contributed by atoms with E-state index in [1.165, 1.54) is 4.68 Å². The molecule has 0 bridgehead atoms. The van der Waals surface area contributed by atoms with E-state index in [0.717, 1.165) is 40.9 Å². The van der Waals surface area contributed by atoms with Crippen molar-refractivity contribution >= 4 is 5.52 Å². The van der Waals surface area contributed by atoms with Gasteiger partial charge in [0.2, 0.25) is 0 Å². The van der Waals surface area contributed by atoms with Crippen LogP contribution in [-0.4, -0.2) is 24.4 Å². The molecule has 0 N–H and O–H groups in total. The monoisotopic (exact) mass is 345 g/mol. The maximum absolute atomic E-state index is 12.1. The molecule has 0 aliphatic carbocycles. The topological polar surface area (TPSA) is 65.1 Å². The van der Waals surface area contributed by atoms with Crippen LogP contribution in [0, 0.1) is 0 Å². The van der Waals surface area contributed by atoms with Gasteiger partial charge in [-0.25, -0.2) is 9.20 Å². The van der Waals surface area contributed by atoms with Crippen molar-refractivity contribution in [2.45, 2.75) is 26.3 Å². The summed E-state index contributed by atoms with van der Waals surface area (Å²) in [6.07, 6.45) is 7.22. The number of benzene rings is 1. The molecule has 0 aliphatic rings. The molecular formula is C20H19N5O. The summed E-state index contributed by atoms with van der Waals surface area (Å²) in [5.41, 5.74) is 4.21. The predicted octanol–water partition coefficient (Wildman–Crippen LogP) is 3.42. The second-order valence-electron chi connectivity index (χ2n) is 6.13. The first kappa shape index (κ1) is 16.2. The van der Waals surface area contributed by atoms with Crippen LogP contribution >= 0.6 is 0 Å². The number of aromatic nitrogens is 5. The Bertz CT molecular complexity index is 1100. The minimum absolute atomic E-state index is 0.0851. The van der Waals surface area contributed by atoms with Crippen molar-refractivity contribution in [3.05, 3.63) is 71.4 Å². The van der Waals surface area contributed by atoms with E-state index in [9.17, 15) is 4.79 Å². The van der Waals surface area contributed by atoms with Gasteiger partial charge in [-0.1, -0.05) is 43.7 Å². The van der Waals surface area contributed by atoms with Crippen molar-refractivity contribution in [1.29, 1.82) is 0 Å². The molecule has 4 rings (SSSR count). The minimum Gasteiger partial charge on any atom is -0.268 e. The first-order valence-corrected chi connectivity index (χ1v) is 8.74. The summed E-state index contributed by atoms with van der Waals surface area (Å²) in [7, 11) is 0. The van der Waals surface area contributed by atoms with Crippen LogP contribution in [0.4, 0.5) is 0 Å². The molecule has 26 heavy (non-hydrogen) atoms. The Morgan fingerprint density at radius 2 is 1.88 bits per heavy atom. The number of aryl methyl sites for hydroxylation is 1. The van der Waals surface area contributed by atoms with E-state index >= 15 is 0 Å². The van der Waals surface area contributed by atoms with Crippen molar-refractivity contribution in [3.8, 4) is 22.5 Å². The maximum Gasteiger partial charge on any atom is 0.266 e. The molecule has 6 nitrogen and oxygen atoms in total. The van der Waals surface area contributed by atoms with Crippen LogP contribution in [0.3, 0.4) is 0 Å². The van der Waals surface area contributed by atoms with E-state index in [1.807, 2.05) is 36.5 Å². The van der Waals surface area contributed by atoms with E-state index in [-0.39, 0.29) is 5.56 Å². The van der Waals surface area contributed by atoms with Gasteiger partial charge >= 0.3 is 0 Å². The van der Waals surface area contributed by atoms with Crippen molar-refractivity contribution in [3.63, 3.8) is 0 Å². The standard InChI is InChI=1S/C20H19N5O/c1-2-3-12-25-18(26)10-9-16(22-25)19-17-14-21-11-13-24(17)23-20(19)15-7-5-4-6-8-15/h4-11,13-14H,2-3,12H2,1H3. The average Bonchev–Trinajstić information content (AvgIpc) is 3.08. The lowest BCUT2D eigenvalue weighted by molar-refractivity contribution is 0.545. The first-order chi connectivity index (χ1) is 12.8. The van der Waals surface area contributed by atoms with Gasteiger partial charge in [0.05, 0.1) is 23.0 Å². The van der Waals surface area contributed by atoms with Gasteiger partial charge in [-0.3, -0.25) is 9.78 Å². The van der Waals surface area contributed by atoms with E-state index in [0.29, 0.717) is 6.54 Å². The summed E-state index contributed by atoms with van der Waals surface area (Å²) in [5.74, 6) is 0. The predicted molar refractivity (Wildman–Crippen MR) is 101 cm³/mol. The number of nitrogens with zero attached hydrogens (tertiary/aromatic N) is 5. The molecule has 0 aliphatic heterocycles. The van der Waals surface area contributed by atoms with Crippen LogP contribution in [0.2, 0.25) is 0 Å². The summed E-state index contributed by atoms with van der Waals surface area (Å²) in [6.45, 7) is 2.71. The Morgan fingerprint density at radius 3 is 2.69 bits per heavy atom. The third kappa shape index (κ3) is 2.90. The smallest absolute Gasteiger partial charge is 0.266 e. The zero-order valence-electron chi connectivity index (χ0n) is 14.5. The Labute approximate surface area is 150 Å². The fourth-order valence-corrected chi connectivity index (χ4v) is 3.00. The highest BCUT2D eigenvalue weighted by atomic mass is 16.1. The number of hydrogen-bond donors (Lipinski definition) is 0. The summed E-state index contributed by atoms with van der Waals surface area (Å²) in [5, 5.41) is 9.33. The number of hydrogen-bond acceptors (Lipinski definition) is 4. The molecule has 1 aromatic carbocycles. The van der Waals surface area contributed by atoms with Gasteiger partial charge in [0.1, 0.15) is 5.69 Å². The van der Waals surface area contributed by atoms with E-state index < -0.39 is 0 Å². The van der Waals surface area contributed by atoms with Gasteiger partial charge < -0.3 is 0 Å². The largest absolute Gasteiger partial charge is 0.268 e. The molecular weight excluding hydrogens is 326 g/mol. The third-order valence-electron chi connectivity index (χ3n) is 4.33. The van der Waals surface area contributed by atoms with Crippen LogP contribution in [0.1, 0.15) is 19.8 Å². The highest BCUT2D eigenvalue weighted by molar-refractivity contribution is 5.90. The molecule has 0 spiro atoms. The van der Waals surface area contributed by atoms with Crippen LogP contribution in [-0.2, 0) is 6.54 Å². The van der Waals surface area contributed by atoms with E-state index in [1.54, 1.807) is 29.0 Å². The summed E-state index contributed by atoms with van der Waals surface area (Å²) < 4.78 is 3.33.